The minimum Gasteiger partial charge on any atom is -0.477 e. The third-order valence-electron chi connectivity index (χ3n) is 4.34. The SMILES string of the molecule is C[C@@H](O)[C@H]1C(=O)N2C(C(=O)O)=C(c3cc(Br)cc(C=O)c3)C[C@H]12. The average molecular weight is 380 g/mol. The molecule has 2 aliphatic heterocycles. The number of hydrogen-bond acceptors (Lipinski definition) is 4. The highest BCUT2D eigenvalue weighted by atomic mass is 79.9. The van der Waals surface area contributed by atoms with Gasteiger partial charge in [-0.15, -0.1) is 0 Å². The van der Waals surface area contributed by atoms with Gasteiger partial charge in [0, 0.05) is 10.0 Å². The number of rotatable bonds is 4. The van der Waals surface area contributed by atoms with Gasteiger partial charge in [0.25, 0.3) is 0 Å². The highest BCUT2D eigenvalue weighted by Crippen LogP contribution is 2.47. The third kappa shape index (κ3) is 2.40. The average Bonchev–Trinajstić information content (AvgIpc) is 2.81. The van der Waals surface area contributed by atoms with Crippen molar-refractivity contribution in [2.75, 3.05) is 0 Å². The molecule has 0 bridgehead atoms. The van der Waals surface area contributed by atoms with Crippen LogP contribution in [0.5, 0.6) is 0 Å². The van der Waals surface area contributed by atoms with E-state index in [1.165, 1.54) is 11.8 Å². The Kier molecular flexibility index (Phi) is 3.85. The number of amides is 1. The summed E-state index contributed by atoms with van der Waals surface area (Å²) >= 11 is 3.30. The van der Waals surface area contributed by atoms with Gasteiger partial charge >= 0.3 is 5.97 Å². The number of carboxylic acids is 1. The predicted octanol–water partition coefficient (Wildman–Crippen LogP) is 1.67. The maximum atomic E-state index is 12.2. The second-order valence-corrected chi connectivity index (χ2v) is 6.69. The summed E-state index contributed by atoms with van der Waals surface area (Å²) in [6.07, 6.45) is 0.201. The number of aldehydes is 1. The highest BCUT2D eigenvalue weighted by molar-refractivity contribution is 9.10. The number of carboxylic acid groups (broad SMARTS) is 1. The summed E-state index contributed by atoms with van der Waals surface area (Å²) in [5, 5.41) is 19.2. The van der Waals surface area contributed by atoms with E-state index in [0.717, 1.165) is 0 Å². The van der Waals surface area contributed by atoms with E-state index in [0.29, 0.717) is 33.9 Å². The molecule has 6 nitrogen and oxygen atoms in total. The molecule has 120 valence electrons. The van der Waals surface area contributed by atoms with Crippen molar-refractivity contribution in [3.8, 4) is 0 Å². The lowest BCUT2D eigenvalue weighted by Crippen LogP contribution is -2.61. The zero-order chi connectivity index (χ0) is 16.9. The van der Waals surface area contributed by atoms with Crippen molar-refractivity contribution >= 4 is 39.7 Å². The summed E-state index contributed by atoms with van der Waals surface area (Å²) in [4.78, 5) is 36.1. The second kappa shape index (κ2) is 5.58. The van der Waals surface area contributed by atoms with Gasteiger partial charge in [-0.1, -0.05) is 15.9 Å². The van der Waals surface area contributed by atoms with E-state index >= 15 is 0 Å². The Balaban J connectivity index is 2.08. The lowest BCUT2D eigenvalue weighted by molar-refractivity contribution is -0.161. The zero-order valence-corrected chi connectivity index (χ0v) is 13.8. The van der Waals surface area contributed by atoms with Gasteiger partial charge in [-0.05, 0) is 42.7 Å². The number of β-lactam (4-membered cyclic amide) rings is 1. The second-order valence-electron chi connectivity index (χ2n) is 5.77. The lowest BCUT2D eigenvalue weighted by Gasteiger charge is -2.44. The molecular formula is C16H14BrNO5. The summed E-state index contributed by atoms with van der Waals surface area (Å²) in [6, 6.07) is 4.61. The number of aliphatic carboxylic acids is 1. The van der Waals surface area contributed by atoms with E-state index in [2.05, 4.69) is 15.9 Å². The van der Waals surface area contributed by atoms with Crippen LogP contribution in [0.4, 0.5) is 0 Å². The molecule has 7 heteroatoms. The van der Waals surface area contributed by atoms with E-state index < -0.39 is 18.0 Å². The van der Waals surface area contributed by atoms with Crippen LogP contribution in [0.25, 0.3) is 5.57 Å². The number of carbonyl (C=O) groups excluding carboxylic acids is 2. The molecular weight excluding hydrogens is 366 g/mol. The van der Waals surface area contributed by atoms with Crippen molar-refractivity contribution in [3.05, 3.63) is 39.5 Å². The molecule has 0 radical (unpaired) electrons. The van der Waals surface area contributed by atoms with Gasteiger partial charge in [0.15, 0.2) is 0 Å². The van der Waals surface area contributed by atoms with Crippen molar-refractivity contribution in [2.24, 2.45) is 5.92 Å². The Bertz CT molecular complexity index is 755. The Morgan fingerprint density at radius 2 is 2.13 bits per heavy atom. The van der Waals surface area contributed by atoms with Crippen molar-refractivity contribution in [3.63, 3.8) is 0 Å². The van der Waals surface area contributed by atoms with E-state index in [-0.39, 0.29) is 17.6 Å². The van der Waals surface area contributed by atoms with Crippen LogP contribution in [0, 0.1) is 5.92 Å². The molecule has 0 spiro atoms. The number of aliphatic hydroxyl groups is 1. The summed E-state index contributed by atoms with van der Waals surface area (Å²) in [7, 11) is 0. The molecule has 1 saturated heterocycles. The van der Waals surface area contributed by atoms with Crippen molar-refractivity contribution in [1.29, 1.82) is 0 Å². The number of benzene rings is 1. The number of nitrogens with zero attached hydrogens (tertiary/aromatic N) is 1. The molecule has 1 aromatic rings. The summed E-state index contributed by atoms with van der Waals surface area (Å²) in [5.41, 5.74) is 1.44. The largest absolute Gasteiger partial charge is 0.477 e. The molecule has 2 heterocycles. The van der Waals surface area contributed by atoms with Gasteiger partial charge in [0.1, 0.15) is 12.0 Å². The van der Waals surface area contributed by atoms with Crippen LogP contribution in [-0.2, 0) is 9.59 Å². The molecule has 1 fully saturated rings. The fourth-order valence-corrected chi connectivity index (χ4v) is 3.89. The molecule has 2 aliphatic rings. The molecule has 0 saturated carbocycles. The van der Waals surface area contributed by atoms with Crippen LogP contribution >= 0.6 is 15.9 Å². The van der Waals surface area contributed by atoms with Crippen LogP contribution in [-0.4, -0.2) is 45.4 Å². The van der Waals surface area contributed by atoms with Gasteiger partial charge in [-0.2, -0.15) is 0 Å². The monoisotopic (exact) mass is 379 g/mol. The fraction of sp³-hybridized carbons (Fsp3) is 0.312. The summed E-state index contributed by atoms with van der Waals surface area (Å²) < 4.78 is 0.655. The molecule has 0 aromatic heterocycles. The Morgan fingerprint density at radius 1 is 1.43 bits per heavy atom. The van der Waals surface area contributed by atoms with Gasteiger partial charge < -0.3 is 15.1 Å². The Labute approximate surface area is 140 Å². The van der Waals surface area contributed by atoms with Crippen LogP contribution in [0.2, 0.25) is 0 Å². The van der Waals surface area contributed by atoms with E-state index in [4.69, 9.17) is 0 Å². The maximum absolute atomic E-state index is 12.2. The number of carbonyl (C=O) groups is 3. The van der Waals surface area contributed by atoms with Crippen LogP contribution in [0.1, 0.15) is 29.3 Å². The van der Waals surface area contributed by atoms with E-state index in [9.17, 15) is 24.6 Å². The lowest BCUT2D eigenvalue weighted by atomic mass is 9.82. The summed E-state index contributed by atoms with van der Waals surface area (Å²) in [6.45, 7) is 1.53. The van der Waals surface area contributed by atoms with Crippen molar-refractivity contribution in [1.82, 2.24) is 4.90 Å². The van der Waals surface area contributed by atoms with Crippen molar-refractivity contribution in [2.45, 2.75) is 25.5 Å². The first kappa shape index (κ1) is 15.9. The first-order chi connectivity index (χ1) is 10.8. The number of hydrogen-bond donors (Lipinski definition) is 2. The first-order valence-corrected chi connectivity index (χ1v) is 7.88. The molecule has 1 amide bonds. The number of fused-ring (bicyclic) bond motifs is 1. The van der Waals surface area contributed by atoms with Crippen LogP contribution in [0.15, 0.2) is 28.4 Å². The van der Waals surface area contributed by atoms with Gasteiger partial charge in [-0.25, -0.2) is 4.79 Å². The first-order valence-electron chi connectivity index (χ1n) is 7.09. The minimum absolute atomic E-state index is 0.0631. The van der Waals surface area contributed by atoms with Gasteiger partial charge in [0.05, 0.1) is 18.1 Å². The molecule has 0 unspecified atom stereocenters. The molecule has 2 N–H and O–H groups in total. The molecule has 23 heavy (non-hydrogen) atoms. The third-order valence-corrected chi connectivity index (χ3v) is 4.79. The normalized spacial score (nSPS) is 24.3. The molecule has 1 aromatic carbocycles. The topological polar surface area (TPSA) is 94.9 Å². The van der Waals surface area contributed by atoms with Gasteiger partial charge in [0.2, 0.25) is 5.91 Å². The highest BCUT2D eigenvalue weighted by Gasteiger charge is 2.56. The minimum atomic E-state index is -1.19. The summed E-state index contributed by atoms with van der Waals surface area (Å²) in [5.74, 6) is -2.14. The van der Waals surface area contributed by atoms with E-state index in [1.807, 2.05) is 0 Å². The fourth-order valence-electron chi connectivity index (χ4n) is 3.38. The molecule has 3 rings (SSSR count). The van der Waals surface area contributed by atoms with Crippen LogP contribution in [0.3, 0.4) is 0 Å². The quantitative estimate of drug-likeness (QED) is 0.612. The smallest absolute Gasteiger partial charge is 0.352 e. The van der Waals surface area contributed by atoms with Gasteiger partial charge in [-0.3, -0.25) is 9.59 Å². The van der Waals surface area contributed by atoms with Crippen LogP contribution < -0.4 is 0 Å². The Morgan fingerprint density at radius 3 is 2.70 bits per heavy atom. The van der Waals surface area contributed by atoms with E-state index in [1.54, 1.807) is 18.2 Å². The Hall–Kier alpha value is -1.99. The molecule has 3 atom stereocenters. The maximum Gasteiger partial charge on any atom is 0.352 e. The standard InChI is InChI=1S/C16H14BrNO5/c1-7(20)13-12-5-11(14(16(22)23)18(12)15(13)21)9-2-8(6-19)3-10(17)4-9/h2-4,6-7,12-13,20H,5H2,1H3,(H,22,23)/t7-,12-,13-/m1/s1. The zero-order valence-electron chi connectivity index (χ0n) is 12.2. The number of aliphatic hydroxyl groups excluding tert-OH is 1. The predicted molar refractivity (Wildman–Crippen MR) is 84.5 cm³/mol. The van der Waals surface area contributed by atoms with Crippen molar-refractivity contribution < 1.29 is 24.6 Å². The molecule has 0 aliphatic carbocycles. The number of halogens is 1.